The first-order valence-corrected chi connectivity index (χ1v) is 4.49. The Morgan fingerprint density at radius 1 is 1.36 bits per heavy atom. The Morgan fingerprint density at radius 2 is 1.93 bits per heavy atom. The number of rotatable bonds is 2. The number of aliphatic hydroxyl groups is 1. The van der Waals surface area contributed by atoms with Gasteiger partial charge in [-0.1, -0.05) is 0 Å². The Hall–Kier alpha value is -0.590. The molecule has 0 radical (unpaired) electrons. The molecule has 0 fully saturated rings. The Balaban J connectivity index is 3.33. The number of hydrogen-bond acceptors (Lipinski definition) is 2. The highest BCUT2D eigenvalue weighted by Crippen LogP contribution is 2.27. The van der Waals surface area contributed by atoms with Crippen LogP contribution in [0.2, 0.25) is 0 Å². The number of nitrogens with two attached hydrogens (primary N) is 1. The molecule has 0 saturated heterocycles. The van der Waals surface area contributed by atoms with Crippen molar-refractivity contribution in [3.05, 3.63) is 33.6 Å². The van der Waals surface area contributed by atoms with Gasteiger partial charge in [-0.3, -0.25) is 0 Å². The average molecular weight is 270 g/mol. The molecule has 2 nitrogen and oxygen atoms in total. The van der Waals surface area contributed by atoms with Crippen molar-refractivity contribution < 1.29 is 18.3 Å². The maximum Gasteiger partial charge on any atom is 0.176 e. The van der Waals surface area contributed by atoms with E-state index in [1.807, 2.05) is 0 Å². The molecule has 3 N–H and O–H groups in total. The topological polar surface area (TPSA) is 46.2 Å². The molecule has 0 bridgehead atoms. The van der Waals surface area contributed by atoms with Crippen molar-refractivity contribution in [2.45, 2.75) is 6.10 Å². The fourth-order valence-corrected chi connectivity index (χ4v) is 1.25. The molecule has 1 unspecified atom stereocenters. The minimum atomic E-state index is -1.41. The van der Waals surface area contributed by atoms with Crippen LogP contribution in [0.25, 0.3) is 0 Å². The molecule has 0 heterocycles. The van der Waals surface area contributed by atoms with E-state index in [2.05, 4.69) is 15.9 Å². The van der Waals surface area contributed by atoms with Gasteiger partial charge in [0, 0.05) is 12.1 Å². The molecule has 0 aliphatic carbocycles. The molecule has 1 rings (SSSR count). The fourth-order valence-electron chi connectivity index (χ4n) is 0.961. The van der Waals surface area contributed by atoms with Gasteiger partial charge in [-0.15, -0.1) is 0 Å². The van der Waals surface area contributed by atoms with Crippen LogP contribution >= 0.6 is 15.9 Å². The third-order valence-corrected chi connectivity index (χ3v) is 2.44. The second-order valence-corrected chi connectivity index (χ2v) is 3.43. The number of hydrogen-bond donors (Lipinski definition) is 2. The average Bonchev–Trinajstić information content (AvgIpc) is 2.19. The van der Waals surface area contributed by atoms with Gasteiger partial charge < -0.3 is 10.8 Å². The van der Waals surface area contributed by atoms with Gasteiger partial charge in [0.15, 0.2) is 11.6 Å². The van der Waals surface area contributed by atoms with Crippen molar-refractivity contribution in [2.24, 2.45) is 5.73 Å². The van der Waals surface area contributed by atoms with E-state index in [9.17, 15) is 13.2 Å². The van der Waals surface area contributed by atoms with Gasteiger partial charge in [0.1, 0.15) is 5.82 Å². The standard InChI is InChI=1S/C8H7BrF3NO/c9-6-4(10)1-3(5(14)2-13)7(11)8(6)12/h1,5,14H,2,13H2. The van der Waals surface area contributed by atoms with Crippen molar-refractivity contribution in [1.82, 2.24) is 0 Å². The third-order valence-electron chi connectivity index (χ3n) is 1.71. The van der Waals surface area contributed by atoms with Crippen LogP contribution < -0.4 is 5.73 Å². The van der Waals surface area contributed by atoms with Crippen LogP contribution in [-0.4, -0.2) is 11.7 Å². The van der Waals surface area contributed by atoms with Gasteiger partial charge in [0.05, 0.1) is 10.6 Å². The Kier molecular flexibility index (Phi) is 3.52. The van der Waals surface area contributed by atoms with Crippen molar-refractivity contribution in [3.63, 3.8) is 0 Å². The summed E-state index contributed by atoms with van der Waals surface area (Å²) >= 11 is 2.53. The van der Waals surface area contributed by atoms with E-state index in [4.69, 9.17) is 10.8 Å². The van der Waals surface area contributed by atoms with Crippen molar-refractivity contribution in [2.75, 3.05) is 6.54 Å². The molecule has 14 heavy (non-hydrogen) atoms. The van der Waals surface area contributed by atoms with Crippen LogP contribution in [0, 0.1) is 17.5 Å². The lowest BCUT2D eigenvalue weighted by atomic mass is 10.1. The molecule has 0 aliphatic rings. The summed E-state index contributed by atoms with van der Waals surface area (Å²) in [5, 5.41) is 9.14. The van der Waals surface area contributed by atoms with Crippen LogP contribution in [0.15, 0.2) is 10.5 Å². The minimum Gasteiger partial charge on any atom is -0.387 e. The first-order chi connectivity index (χ1) is 6.49. The second-order valence-electron chi connectivity index (χ2n) is 2.64. The van der Waals surface area contributed by atoms with E-state index in [1.54, 1.807) is 0 Å². The minimum absolute atomic E-state index is 0.308. The van der Waals surface area contributed by atoms with E-state index in [0.717, 1.165) is 0 Å². The molecule has 0 spiro atoms. The zero-order valence-corrected chi connectivity index (χ0v) is 8.48. The van der Waals surface area contributed by atoms with Gasteiger partial charge in [0.25, 0.3) is 0 Å². The Morgan fingerprint density at radius 3 is 2.43 bits per heavy atom. The maximum atomic E-state index is 13.1. The monoisotopic (exact) mass is 269 g/mol. The molecule has 6 heteroatoms. The smallest absolute Gasteiger partial charge is 0.176 e. The van der Waals surface area contributed by atoms with E-state index < -0.39 is 33.6 Å². The van der Waals surface area contributed by atoms with Crippen LogP contribution in [0.3, 0.4) is 0 Å². The summed E-state index contributed by atoms with van der Waals surface area (Å²) < 4.78 is 38.3. The predicted molar refractivity (Wildman–Crippen MR) is 48.0 cm³/mol. The van der Waals surface area contributed by atoms with Crippen molar-refractivity contribution >= 4 is 15.9 Å². The lowest BCUT2D eigenvalue weighted by molar-refractivity contribution is 0.179. The van der Waals surface area contributed by atoms with Crippen LogP contribution in [0.1, 0.15) is 11.7 Å². The molecular formula is C8H7BrF3NO. The molecule has 1 aromatic carbocycles. The summed E-state index contributed by atoms with van der Waals surface area (Å²) in [7, 11) is 0. The van der Waals surface area contributed by atoms with Crippen molar-refractivity contribution in [3.8, 4) is 0 Å². The summed E-state index contributed by atoms with van der Waals surface area (Å²) in [5.74, 6) is -3.64. The molecule has 0 saturated carbocycles. The molecule has 78 valence electrons. The van der Waals surface area contributed by atoms with Gasteiger partial charge in [-0.05, 0) is 22.0 Å². The fraction of sp³-hybridized carbons (Fsp3) is 0.250. The lowest BCUT2D eigenvalue weighted by Crippen LogP contribution is -2.14. The highest BCUT2D eigenvalue weighted by Gasteiger charge is 2.20. The maximum absolute atomic E-state index is 13.1. The Labute approximate surface area is 86.7 Å². The van der Waals surface area contributed by atoms with Gasteiger partial charge in [0.2, 0.25) is 0 Å². The van der Waals surface area contributed by atoms with Crippen LogP contribution in [0.4, 0.5) is 13.2 Å². The van der Waals surface area contributed by atoms with Crippen LogP contribution in [-0.2, 0) is 0 Å². The summed E-state index contributed by atoms with van der Waals surface area (Å²) in [4.78, 5) is 0. The zero-order valence-electron chi connectivity index (χ0n) is 6.90. The first-order valence-electron chi connectivity index (χ1n) is 3.70. The highest BCUT2D eigenvalue weighted by atomic mass is 79.9. The zero-order chi connectivity index (χ0) is 10.9. The molecule has 0 amide bonds. The number of aliphatic hydroxyl groups excluding tert-OH is 1. The van der Waals surface area contributed by atoms with Crippen LogP contribution in [0.5, 0.6) is 0 Å². The SMILES string of the molecule is NCC(O)c1cc(F)c(Br)c(F)c1F. The van der Waals surface area contributed by atoms with Crippen molar-refractivity contribution in [1.29, 1.82) is 0 Å². The molecule has 0 aliphatic heterocycles. The molecular weight excluding hydrogens is 263 g/mol. The predicted octanol–water partition coefficient (Wildman–Crippen LogP) is 1.86. The molecule has 1 aromatic rings. The summed E-state index contributed by atoms with van der Waals surface area (Å²) in [5.41, 5.74) is 4.56. The van der Waals surface area contributed by atoms with Gasteiger partial charge in [-0.25, -0.2) is 13.2 Å². The highest BCUT2D eigenvalue weighted by molar-refractivity contribution is 9.10. The van der Waals surface area contributed by atoms with E-state index in [-0.39, 0.29) is 6.54 Å². The number of halogens is 4. The van der Waals surface area contributed by atoms with E-state index in [1.165, 1.54) is 0 Å². The quantitative estimate of drug-likeness (QED) is 0.636. The summed E-state index contributed by atoms with van der Waals surface area (Å²) in [6, 6.07) is 0.708. The second kappa shape index (κ2) is 4.29. The molecule has 0 aromatic heterocycles. The van der Waals surface area contributed by atoms with Gasteiger partial charge >= 0.3 is 0 Å². The van der Waals surface area contributed by atoms with E-state index >= 15 is 0 Å². The first kappa shape index (κ1) is 11.5. The molecule has 1 atom stereocenters. The largest absolute Gasteiger partial charge is 0.387 e. The van der Waals surface area contributed by atoms with Gasteiger partial charge in [-0.2, -0.15) is 0 Å². The summed E-state index contributed by atoms with van der Waals surface area (Å²) in [6.07, 6.45) is -1.41. The van der Waals surface area contributed by atoms with E-state index in [0.29, 0.717) is 6.07 Å². The number of benzene rings is 1. The lowest BCUT2D eigenvalue weighted by Gasteiger charge is -2.10. The Bertz CT molecular complexity index is 359. The third kappa shape index (κ3) is 1.92. The summed E-state index contributed by atoms with van der Waals surface area (Å²) in [6.45, 7) is -0.308. The normalized spacial score (nSPS) is 13.0.